The second-order valence-electron chi connectivity index (χ2n) is 5.16. The van der Waals surface area contributed by atoms with Crippen LogP contribution < -0.4 is 0 Å². The van der Waals surface area contributed by atoms with Crippen molar-refractivity contribution in [1.29, 1.82) is 5.41 Å². The van der Waals surface area contributed by atoms with Crippen molar-refractivity contribution in [1.82, 2.24) is 4.90 Å². The monoisotopic (exact) mass is 224 g/mol. The van der Waals surface area contributed by atoms with E-state index >= 15 is 0 Å². The van der Waals surface area contributed by atoms with Gasteiger partial charge in [-0.25, -0.2) is 0 Å². The Morgan fingerprint density at radius 2 is 1.56 bits per heavy atom. The molecule has 2 rings (SSSR count). The fourth-order valence-corrected chi connectivity index (χ4v) is 3.07. The van der Waals surface area contributed by atoms with Gasteiger partial charge >= 0.3 is 0 Å². The van der Waals surface area contributed by atoms with Crippen molar-refractivity contribution in [3.05, 3.63) is 0 Å². The predicted molar refractivity (Wildman–Crippen MR) is 66.0 cm³/mol. The Hall–Kier alpha value is -0.570. The molecule has 0 aromatic rings. The maximum absolute atomic E-state index is 8.43. The first-order valence-corrected chi connectivity index (χ1v) is 6.68. The summed E-state index contributed by atoms with van der Waals surface area (Å²) in [4.78, 5) is 2.25. The molecule has 0 radical (unpaired) electrons. The number of nitrogens with zero attached hydrogens (tertiary/aromatic N) is 1. The third-order valence-electron chi connectivity index (χ3n) is 4.16. The van der Waals surface area contributed by atoms with E-state index < -0.39 is 0 Å². The van der Waals surface area contributed by atoms with Crippen LogP contribution in [0.5, 0.6) is 0 Å². The van der Waals surface area contributed by atoms with Crippen LogP contribution in [-0.2, 0) is 4.74 Å². The highest BCUT2D eigenvalue weighted by Crippen LogP contribution is 2.33. The van der Waals surface area contributed by atoms with E-state index in [0.29, 0.717) is 0 Å². The first kappa shape index (κ1) is 11.9. The molecule has 3 nitrogen and oxygen atoms in total. The quantitative estimate of drug-likeness (QED) is 0.578. The Morgan fingerprint density at radius 3 is 2.12 bits per heavy atom. The van der Waals surface area contributed by atoms with Gasteiger partial charge in [0.15, 0.2) is 0 Å². The van der Waals surface area contributed by atoms with Gasteiger partial charge in [0, 0.05) is 20.2 Å². The largest absolute Gasteiger partial charge is 0.370 e. The molecule has 1 aliphatic carbocycles. The van der Waals surface area contributed by atoms with E-state index in [4.69, 9.17) is 10.1 Å². The highest BCUT2D eigenvalue weighted by Gasteiger charge is 2.39. The van der Waals surface area contributed by atoms with Crippen LogP contribution in [0.2, 0.25) is 0 Å². The standard InChI is InChI=1S/C13H24N2O/c1-16-13(8-4-2-5-9-13)12(14)15-10-6-3-7-11-15/h14H,2-11H2,1H3. The number of likely N-dealkylation sites (tertiary alicyclic amines) is 1. The summed E-state index contributed by atoms with van der Waals surface area (Å²) in [7, 11) is 1.78. The van der Waals surface area contributed by atoms with Crippen molar-refractivity contribution < 1.29 is 4.74 Å². The highest BCUT2D eigenvalue weighted by atomic mass is 16.5. The maximum atomic E-state index is 8.43. The molecule has 0 atom stereocenters. The number of nitrogens with one attached hydrogen (secondary N) is 1. The summed E-state index contributed by atoms with van der Waals surface area (Å²) in [6.45, 7) is 2.12. The van der Waals surface area contributed by atoms with Crippen LogP contribution >= 0.6 is 0 Å². The van der Waals surface area contributed by atoms with Gasteiger partial charge < -0.3 is 9.64 Å². The second-order valence-corrected chi connectivity index (χ2v) is 5.16. The molecule has 1 saturated carbocycles. The Bertz CT molecular complexity index is 240. The summed E-state index contributed by atoms with van der Waals surface area (Å²) in [6.07, 6.45) is 9.61. The molecule has 0 spiro atoms. The van der Waals surface area contributed by atoms with Gasteiger partial charge in [0.05, 0.1) is 0 Å². The summed E-state index contributed by atoms with van der Waals surface area (Å²) >= 11 is 0. The minimum Gasteiger partial charge on any atom is -0.370 e. The van der Waals surface area contributed by atoms with E-state index in [1.54, 1.807) is 7.11 Å². The lowest BCUT2D eigenvalue weighted by atomic mass is 9.82. The van der Waals surface area contributed by atoms with Crippen LogP contribution in [0.15, 0.2) is 0 Å². The molecule has 1 N–H and O–H groups in total. The van der Waals surface area contributed by atoms with Crippen molar-refractivity contribution in [2.45, 2.75) is 57.0 Å². The molecular formula is C13H24N2O. The molecule has 16 heavy (non-hydrogen) atoms. The van der Waals surface area contributed by atoms with E-state index in [2.05, 4.69) is 4.90 Å². The number of amidine groups is 1. The normalized spacial score (nSPS) is 25.4. The zero-order chi connectivity index (χ0) is 11.4. The molecule has 0 bridgehead atoms. The van der Waals surface area contributed by atoms with Gasteiger partial charge in [-0.1, -0.05) is 19.3 Å². The lowest BCUT2D eigenvalue weighted by Crippen LogP contribution is -2.52. The smallest absolute Gasteiger partial charge is 0.129 e. The third kappa shape index (κ3) is 2.24. The Labute approximate surface area is 98.7 Å². The first-order valence-electron chi connectivity index (χ1n) is 6.68. The third-order valence-corrected chi connectivity index (χ3v) is 4.16. The van der Waals surface area contributed by atoms with E-state index in [-0.39, 0.29) is 5.60 Å². The molecule has 0 amide bonds. The SMILES string of the molecule is COC1(C(=N)N2CCCCC2)CCCCC1. The molecule has 0 aromatic heterocycles. The number of rotatable bonds is 2. The predicted octanol–water partition coefficient (Wildman–Crippen LogP) is 2.80. The number of ether oxygens (including phenoxy) is 1. The van der Waals surface area contributed by atoms with Crippen LogP contribution in [0.3, 0.4) is 0 Å². The van der Waals surface area contributed by atoms with Gasteiger partial charge in [0.1, 0.15) is 11.4 Å². The summed E-state index contributed by atoms with van der Waals surface area (Å²) in [6, 6.07) is 0. The fourth-order valence-electron chi connectivity index (χ4n) is 3.07. The minimum absolute atomic E-state index is 0.254. The van der Waals surface area contributed by atoms with Crippen LogP contribution in [0.25, 0.3) is 0 Å². The van der Waals surface area contributed by atoms with Crippen molar-refractivity contribution >= 4 is 5.84 Å². The highest BCUT2D eigenvalue weighted by molar-refractivity contribution is 5.88. The molecule has 3 heteroatoms. The summed E-state index contributed by atoms with van der Waals surface area (Å²) in [5.74, 6) is 0.759. The average molecular weight is 224 g/mol. The Kier molecular flexibility index (Phi) is 3.85. The Balaban J connectivity index is 2.04. The molecular weight excluding hydrogens is 200 g/mol. The molecule has 2 aliphatic rings. The fraction of sp³-hybridized carbons (Fsp3) is 0.923. The van der Waals surface area contributed by atoms with Gasteiger partial charge in [0.2, 0.25) is 0 Å². The maximum Gasteiger partial charge on any atom is 0.129 e. The van der Waals surface area contributed by atoms with E-state index in [9.17, 15) is 0 Å². The lowest BCUT2D eigenvalue weighted by molar-refractivity contribution is 0.00725. The van der Waals surface area contributed by atoms with Crippen molar-refractivity contribution in [2.75, 3.05) is 20.2 Å². The summed E-state index contributed by atoms with van der Waals surface area (Å²) < 4.78 is 5.73. The molecule has 0 aromatic carbocycles. The van der Waals surface area contributed by atoms with E-state index in [0.717, 1.165) is 31.8 Å². The van der Waals surface area contributed by atoms with Crippen molar-refractivity contribution in [3.8, 4) is 0 Å². The first-order chi connectivity index (χ1) is 7.78. The van der Waals surface area contributed by atoms with Gasteiger partial charge in [0.25, 0.3) is 0 Å². The van der Waals surface area contributed by atoms with Crippen LogP contribution in [0.4, 0.5) is 0 Å². The number of methoxy groups -OCH3 is 1. The molecule has 1 saturated heterocycles. The van der Waals surface area contributed by atoms with Gasteiger partial charge in [-0.3, -0.25) is 5.41 Å². The molecule has 0 unspecified atom stereocenters. The van der Waals surface area contributed by atoms with Gasteiger partial charge in [-0.15, -0.1) is 0 Å². The Morgan fingerprint density at radius 1 is 1.00 bits per heavy atom. The number of hydrogen-bond acceptors (Lipinski definition) is 2. The van der Waals surface area contributed by atoms with Gasteiger partial charge in [-0.05, 0) is 32.1 Å². The zero-order valence-corrected chi connectivity index (χ0v) is 10.4. The van der Waals surface area contributed by atoms with Crippen molar-refractivity contribution in [3.63, 3.8) is 0 Å². The molecule has 1 aliphatic heterocycles. The molecule has 2 fully saturated rings. The van der Waals surface area contributed by atoms with Crippen LogP contribution in [0, 0.1) is 5.41 Å². The zero-order valence-electron chi connectivity index (χ0n) is 10.4. The van der Waals surface area contributed by atoms with E-state index in [1.807, 2.05) is 0 Å². The topological polar surface area (TPSA) is 36.3 Å². The lowest BCUT2D eigenvalue weighted by Gasteiger charge is -2.42. The summed E-state index contributed by atoms with van der Waals surface area (Å²) in [5, 5.41) is 8.43. The minimum atomic E-state index is -0.254. The molecule has 92 valence electrons. The number of piperidine rings is 1. The van der Waals surface area contributed by atoms with E-state index in [1.165, 1.54) is 38.5 Å². The average Bonchev–Trinajstić information content (AvgIpc) is 2.39. The summed E-state index contributed by atoms with van der Waals surface area (Å²) in [5.41, 5.74) is -0.254. The van der Waals surface area contributed by atoms with Crippen LogP contribution in [-0.4, -0.2) is 36.5 Å². The molecule has 1 heterocycles. The van der Waals surface area contributed by atoms with Crippen molar-refractivity contribution in [2.24, 2.45) is 0 Å². The number of hydrogen-bond donors (Lipinski definition) is 1. The van der Waals surface area contributed by atoms with Crippen LogP contribution in [0.1, 0.15) is 51.4 Å². The van der Waals surface area contributed by atoms with Gasteiger partial charge in [-0.2, -0.15) is 0 Å². The second kappa shape index (κ2) is 5.17.